The molecule has 20 heavy (non-hydrogen) atoms. The summed E-state index contributed by atoms with van der Waals surface area (Å²) in [6.45, 7) is 5.32. The molecule has 0 N–H and O–H groups in total. The lowest BCUT2D eigenvalue weighted by Gasteiger charge is -2.35. The summed E-state index contributed by atoms with van der Waals surface area (Å²) in [6, 6.07) is 2.51. The Balaban J connectivity index is 1.74. The summed E-state index contributed by atoms with van der Waals surface area (Å²) in [4.78, 5) is 8.79. The SMILES string of the molecule is C[C@@H]1COCCN1c1nc(F)cc2c1CCN2C1CC1. The molecule has 0 aromatic carbocycles. The molecule has 3 aliphatic rings. The van der Waals surface area contributed by atoms with Gasteiger partial charge in [-0.15, -0.1) is 0 Å². The molecule has 1 saturated heterocycles. The van der Waals surface area contributed by atoms with Gasteiger partial charge in [0.25, 0.3) is 0 Å². The molecular formula is C15H20FN3O. The van der Waals surface area contributed by atoms with Crippen LogP contribution < -0.4 is 9.80 Å². The third-order valence-corrected chi connectivity index (χ3v) is 4.59. The summed E-state index contributed by atoms with van der Waals surface area (Å²) >= 11 is 0. The highest BCUT2D eigenvalue weighted by molar-refractivity contribution is 5.68. The molecular weight excluding hydrogens is 257 g/mol. The molecule has 0 spiro atoms. The number of anilines is 2. The third kappa shape index (κ3) is 1.95. The largest absolute Gasteiger partial charge is 0.377 e. The van der Waals surface area contributed by atoms with E-state index in [1.165, 1.54) is 18.4 Å². The molecule has 3 heterocycles. The van der Waals surface area contributed by atoms with E-state index >= 15 is 0 Å². The van der Waals surface area contributed by atoms with Gasteiger partial charge in [-0.3, -0.25) is 0 Å². The first-order valence-corrected chi connectivity index (χ1v) is 7.54. The molecule has 108 valence electrons. The van der Waals surface area contributed by atoms with Crippen molar-refractivity contribution < 1.29 is 9.13 Å². The lowest BCUT2D eigenvalue weighted by atomic mass is 10.1. The summed E-state index contributed by atoms with van der Waals surface area (Å²) in [6.07, 6.45) is 3.47. The maximum Gasteiger partial charge on any atom is 0.216 e. The van der Waals surface area contributed by atoms with E-state index in [1.807, 2.05) is 0 Å². The smallest absolute Gasteiger partial charge is 0.216 e. The van der Waals surface area contributed by atoms with Crippen LogP contribution in [-0.2, 0) is 11.2 Å². The number of aromatic nitrogens is 1. The topological polar surface area (TPSA) is 28.6 Å². The highest BCUT2D eigenvalue weighted by Gasteiger charge is 2.36. The Morgan fingerprint density at radius 2 is 2.15 bits per heavy atom. The minimum atomic E-state index is -0.356. The Morgan fingerprint density at radius 1 is 1.30 bits per heavy atom. The molecule has 0 unspecified atom stereocenters. The minimum absolute atomic E-state index is 0.261. The second-order valence-corrected chi connectivity index (χ2v) is 6.06. The van der Waals surface area contributed by atoms with Crippen LogP contribution in [0, 0.1) is 5.95 Å². The van der Waals surface area contributed by atoms with Crippen molar-refractivity contribution >= 4 is 11.5 Å². The van der Waals surface area contributed by atoms with Gasteiger partial charge in [0.2, 0.25) is 5.95 Å². The van der Waals surface area contributed by atoms with Crippen LogP contribution >= 0.6 is 0 Å². The zero-order chi connectivity index (χ0) is 13.7. The number of morpholine rings is 1. The molecule has 2 fully saturated rings. The Labute approximate surface area is 118 Å². The fraction of sp³-hybridized carbons (Fsp3) is 0.667. The summed E-state index contributed by atoms with van der Waals surface area (Å²) < 4.78 is 19.4. The van der Waals surface area contributed by atoms with Gasteiger partial charge in [0.1, 0.15) is 5.82 Å². The number of nitrogens with zero attached hydrogens (tertiary/aromatic N) is 3. The lowest BCUT2D eigenvalue weighted by Crippen LogP contribution is -2.44. The van der Waals surface area contributed by atoms with E-state index < -0.39 is 0 Å². The zero-order valence-electron chi connectivity index (χ0n) is 11.8. The van der Waals surface area contributed by atoms with Crippen molar-refractivity contribution in [3.8, 4) is 0 Å². The van der Waals surface area contributed by atoms with Gasteiger partial charge >= 0.3 is 0 Å². The Morgan fingerprint density at radius 3 is 2.90 bits per heavy atom. The Kier molecular flexibility index (Phi) is 2.84. The van der Waals surface area contributed by atoms with Gasteiger partial charge in [0, 0.05) is 36.4 Å². The number of halogens is 1. The van der Waals surface area contributed by atoms with Gasteiger partial charge in [-0.25, -0.2) is 4.98 Å². The summed E-state index contributed by atoms with van der Waals surface area (Å²) in [5.74, 6) is 0.490. The molecule has 1 saturated carbocycles. The molecule has 1 aromatic rings. The number of fused-ring (bicyclic) bond motifs is 1. The van der Waals surface area contributed by atoms with Gasteiger partial charge in [-0.1, -0.05) is 0 Å². The minimum Gasteiger partial charge on any atom is -0.377 e. The molecule has 4 nitrogen and oxygen atoms in total. The molecule has 1 atom stereocenters. The molecule has 0 radical (unpaired) electrons. The van der Waals surface area contributed by atoms with Gasteiger partial charge < -0.3 is 14.5 Å². The summed E-state index contributed by atoms with van der Waals surface area (Å²) in [7, 11) is 0. The molecule has 1 aliphatic carbocycles. The first-order chi connectivity index (χ1) is 9.74. The quantitative estimate of drug-likeness (QED) is 0.773. The van der Waals surface area contributed by atoms with Gasteiger partial charge in [-0.05, 0) is 26.2 Å². The van der Waals surface area contributed by atoms with E-state index in [9.17, 15) is 4.39 Å². The molecule has 4 rings (SSSR count). The van der Waals surface area contributed by atoms with Crippen molar-refractivity contribution in [2.45, 2.75) is 38.3 Å². The fourth-order valence-electron chi connectivity index (χ4n) is 3.41. The average Bonchev–Trinajstić information content (AvgIpc) is 3.19. The monoisotopic (exact) mass is 277 g/mol. The number of pyridine rings is 1. The normalized spacial score (nSPS) is 26.0. The van der Waals surface area contributed by atoms with Crippen LogP contribution in [0.3, 0.4) is 0 Å². The van der Waals surface area contributed by atoms with Crippen LogP contribution in [0.4, 0.5) is 15.9 Å². The second-order valence-electron chi connectivity index (χ2n) is 6.06. The van der Waals surface area contributed by atoms with Crippen LogP contribution in [-0.4, -0.2) is 43.4 Å². The van der Waals surface area contributed by atoms with Crippen LogP contribution in [0.15, 0.2) is 6.07 Å². The van der Waals surface area contributed by atoms with E-state index in [0.717, 1.165) is 31.0 Å². The highest BCUT2D eigenvalue weighted by atomic mass is 19.1. The van der Waals surface area contributed by atoms with Crippen molar-refractivity contribution in [1.29, 1.82) is 0 Å². The first-order valence-electron chi connectivity index (χ1n) is 7.54. The predicted octanol–water partition coefficient (Wildman–Crippen LogP) is 1.97. The van der Waals surface area contributed by atoms with Crippen LogP contribution in [0.25, 0.3) is 0 Å². The number of hydrogen-bond donors (Lipinski definition) is 0. The van der Waals surface area contributed by atoms with Crippen molar-refractivity contribution in [2.24, 2.45) is 0 Å². The number of ether oxygens (including phenoxy) is 1. The van der Waals surface area contributed by atoms with E-state index in [2.05, 4.69) is 21.7 Å². The van der Waals surface area contributed by atoms with Crippen molar-refractivity contribution in [3.05, 3.63) is 17.6 Å². The standard InChI is InChI=1S/C15H20FN3O/c1-10-9-20-7-6-18(10)15-12-4-5-19(11-2-3-11)13(12)8-14(16)17-15/h8,10-11H,2-7,9H2,1H3/t10-/m1/s1. The summed E-state index contributed by atoms with van der Waals surface area (Å²) in [5.41, 5.74) is 2.31. The molecule has 0 bridgehead atoms. The second kappa shape index (κ2) is 4.58. The Bertz CT molecular complexity index is 532. The van der Waals surface area contributed by atoms with E-state index in [1.54, 1.807) is 6.07 Å². The van der Waals surface area contributed by atoms with Gasteiger partial charge in [0.05, 0.1) is 19.3 Å². The maximum atomic E-state index is 14.0. The molecule has 0 amide bonds. The lowest BCUT2D eigenvalue weighted by molar-refractivity contribution is 0.0984. The number of hydrogen-bond acceptors (Lipinski definition) is 4. The Hall–Kier alpha value is -1.36. The van der Waals surface area contributed by atoms with Crippen molar-refractivity contribution in [3.63, 3.8) is 0 Å². The molecule has 2 aliphatic heterocycles. The van der Waals surface area contributed by atoms with Crippen LogP contribution in [0.1, 0.15) is 25.3 Å². The van der Waals surface area contributed by atoms with Crippen molar-refractivity contribution in [1.82, 2.24) is 4.98 Å². The number of rotatable bonds is 2. The predicted molar refractivity (Wildman–Crippen MR) is 75.9 cm³/mol. The molecule has 1 aromatic heterocycles. The van der Waals surface area contributed by atoms with Gasteiger partial charge in [-0.2, -0.15) is 4.39 Å². The first kappa shape index (κ1) is 12.4. The fourth-order valence-corrected chi connectivity index (χ4v) is 3.41. The van der Waals surface area contributed by atoms with Gasteiger partial charge in [0.15, 0.2) is 0 Å². The van der Waals surface area contributed by atoms with Crippen molar-refractivity contribution in [2.75, 3.05) is 36.1 Å². The van der Waals surface area contributed by atoms with E-state index in [0.29, 0.717) is 19.3 Å². The maximum absolute atomic E-state index is 14.0. The highest BCUT2D eigenvalue weighted by Crippen LogP contribution is 2.41. The van der Waals surface area contributed by atoms with E-state index in [-0.39, 0.29) is 12.0 Å². The average molecular weight is 277 g/mol. The molecule has 5 heteroatoms. The van der Waals surface area contributed by atoms with E-state index in [4.69, 9.17) is 4.74 Å². The zero-order valence-corrected chi connectivity index (χ0v) is 11.8. The summed E-state index contributed by atoms with van der Waals surface area (Å²) in [5, 5.41) is 0. The van der Waals surface area contributed by atoms with Crippen LogP contribution in [0.5, 0.6) is 0 Å². The van der Waals surface area contributed by atoms with Crippen LogP contribution in [0.2, 0.25) is 0 Å². The third-order valence-electron chi connectivity index (χ3n) is 4.59.